The quantitative estimate of drug-likeness (QED) is 0.605. The summed E-state index contributed by atoms with van der Waals surface area (Å²) in [6, 6.07) is 14.8. The van der Waals surface area contributed by atoms with Crippen LogP contribution in [-0.4, -0.2) is 26.4 Å². The van der Waals surface area contributed by atoms with E-state index in [0.717, 1.165) is 29.0 Å². The van der Waals surface area contributed by atoms with E-state index in [0.29, 0.717) is 0 Å². The fourth-order valence-electron chi connectivity index (χ4n) is 3.10. The second-order valence-corrected chi connectivity index (χ2v) is 5.63. The number of carbonyl (C=O) groups excluding carboxylic acids is 2. The summed E-state index contributed by atoms with van der Waals surface area (Å²) in [5.74, 6) is 1.13. The van der Waals surface area contributed by atoms with E-state index >= 15 is 0 Å². The van der Waals surface area contributed by atoms with Crippen LogP contribution in [0.2, 0.25) is 0 Å². The van der Waals surface area contributed by atoms with Crippen LogP contribution in [0.3, 0.4) is 0 Å². The number of methoxy groups -OCH3 is 2. The average molecular weight is 325 g/mol. The Morgan fingerprint density at radius 3 is 2.00 bits per heavy atom. The molecule has 124 valence electrons. The van der Waals surface area contributed by atoms with E-state index in [1.54, 1.807) is 19.1 Å². The van der Waals surface area contributed by atoms with Crippen molar-refractivity contribution in [1.82, 2.24) is 0 Å². The zero-order chi connectivity index (χ0) is 17.1. The van der Waals surface area contributed by atoms with E-state index in [1.165, 1.54) is 0 Å². The van der Waals surface area contributed by atoms with E-state index in [9.17, 15) is 9.59 Å². The monoisotopic (exact) mass is 325 g/mol. The second-order valence-electron chi connectivity index (χ2n) is 5.63. The summed E-state index contributed by atoms with van der Waals surface area (Å²) < 4.78 is 10.3. The fourth-order valence-corrected chi connectivity index (χ4v) is 3.10. The molecule has 0 saturated carbocycles. The molecule has 0 N–H and O–H groups in total. The van der Waals surface area contributed by atoms with Crippen LogP contribution in [-0.2, 0) is 9.59 Å². The Labute approximate surface area is 140 Å². The molecule has 5 nitrogen and oxygen atoms in total. The first-order chi connectivity index (χ1) is 11.7. The number of hydrogen-bond donors (Lipinski definition) is 0. The molecule has 1 amide bonds. The molecule has 1 aliphatic heterocycles. The Kier molecular flexibility index (Phi) is 4.51. The maximum Gasteiger partial charge on any atom is 0.233 e. The number of anilines is 1. The highest BCUT2D eigenvalue weighted by atomic mass is 16.5. The Bertz CT molecular complexity index is 724. The highest BCUT2D eigenvalue weighted by molar-refractivity contribution is 6.04. The van der Waals surface area contributed by atoms with Crippen molar-refractivity contribution < 1.29 is 19.1 Å². The molecule has 0 radical (unpaired) electrons. The maximum atomic E-state index is 12.5. The van der Waals surface area contributed by atoms with Gasteiger partial charge in [-0.15, -0.1) is 0 Å². The van der Waals surface area contributed by atoms with E-state index in [-0.39, 0.29) is 24.3 Å². The number of nitrogens with zero attached hydrogens (tertiary/aromatic N) is 1. The van der Waals surface area contributed by atoms with Gasteiger partial charge in [-0.3, -0.25) is 4.79 Å². The molecule has 0 aliphatic carbocycles. The predicted molar refractivity (Wildman–Crippen MR) is 90.4 cm³/mol. The second kappa shape index (κ2) is 6.74. The number of β-lactam (4-membered cyclic amide) rings is 1. The molecule has 1 fully saturated rings. The van der Waals surface area contributed by atoms with Crippen LogP contribution >= 0.6 is 0 Å². The SMILES string of the molecule is COc1ccc(C2C(CC=O)C(=O)N2c2ccc(OC)cc2)cc1. The van der Waals surface area contributed by atoms with Crippen molar-refractivity contribution in [3.05, 3.63) is 54.1 Å². The molecule has 24 heavy (non-hydrogen) atoms. The number of aldehydes is 1. The molecule has 2 unspecified atom stereocenters. The van der Waals surface area contributed by atoms with Gasteiger partial charge in [0.15, 0.2) is 0 Å². The summed E-state index contributed by atoms with van der Waals surface area (Å²) >= 11 is 0. The normalized spacial score (nSPS) is 19.6. The van der Waals surface area contributed by atoms with Gasteiger partial charge in [-0.1, -0.05) is 12.1 Å². The lowest BCUT2D eigenvalue weighted by Crippen LogP contribution is -2.55. The van der Waals surface area contributed by atoms with E-state index in [4.69, 9.17) is 9.47 Å². The molecule has 1 saturated heterocycles. The van der Waals surface area contributed by atoms with Gasteiger partial charge in [-0.05, 0) is 42.0 Å². The zero-order valence-corrected chi connectivity index (χ0v) is 13.6. The number of benzene rings is 2. The molecule has 2 aromatic carbocycles. The summed E-state index contributed by atoms with van der Waals surface area (Å²) in [5, 5.41) is 0. The van der Waals surface area contributed by atoms with Crippen molar-refractivity contribution in [2.24, 2.45) is 5.92 Å². The van der Waals surface area contributed by atoms with Crippen LogP contribution in [0.1, 0.15) is 18.0 Å². The van der Waals surface area contributed by atoms with Gasteiger partial charge in [0.25, 0.3) is 0 Å². The Morgan fingerprint density at radius 2 is 1.50 bits per heavy atom. The molecule has 1 heterocycles. The number of rotatable bonds is 6. The van der Waals surface area contributed by atoms with Gasteiger partial charge >= 0.3 is 0 Å². The fraction of sp³-hybridized carbons (Fsp3) is 0.263. The van der Waals surface area contributed by atoms with Gasteiger partial charge in [0.1, 0.15) is 17.8 Å². The van der Waals surface area contributed by atoms with Crippen LogP contribution in [0.25, 0.3) is 0 Å². The smallest absolute Gasteiger partial charge is 0.233 e. The number of hydrogen-bond acceptors (Lipinski definition) is 4. The molecular weight excluding hydrogens is 306 g/mol. The van der Waals surface area contributed by atoms with Crippen molar-refractivity contribution in [3.8, 4) is 11.5 Å². The molecule has 5 heteroatoms. The van der Waals surface area contributed by atoms with Gasteiger partial charge in [0.2, 0.25) is 5.91 Å². The first-order valence-electron chi connectivity index (χ1n) is 7.74. The maximum absolute atomic E-state index is 12.5. The van der Waals surface area contributed by atoms with Gasteiger partial charge in [-0.25, -0.2) is 0 Å². The van der Waals surface area contributed by atoms with Crippen LogP contribution < -0.4 is 14.4 Å². The van der Waals surface area contributed by atoms with Gasteiger partial charge in [0.05, 0.1) is 26.2 Å². The summed E-state index contributed by atoms with van der Waals surface area (Å²) in [7, 11) is 3.21. The summed E-state index contributed by atoms with van der Waals surface area (Å²) in [5.41, 5.74) is 1.78. The van der Waals surface area contributed by atoms with Crippen LogP contribution in [0, 0.1) is 5.92 Å². The van der Waals surface area contributed by atoms with Crippen molar-refractivity contribution in [2.45, 2.75) is 12.5 Å². The first-order valence-corrected chi connectivity index (χ1v) is 7.74. The Morgan fingerprint density at radius 1 is 0.958 bits per heavy atom. The minimum Gasteiger partial charge on any atom is -0.497 e. The summed E-state index contributed by atoms with van der Waals surface area (Å²) in [4.78, 5) is 25.2. The predicted octanol–water partition coefficient (Wildman–Crippen LogP) is 3.00. The van der Waals surface area contributed by atoms with Crippen molar-refractivity contribution in [1.29, 1.82) is 0 Å². The number of ether oxygens (including phenoxy) is 2. The first kappa shape index (κ1) is 16.1. The van der Waals surface area contributed by atoms with Crippen LogP contribution in [0.5, 0.6) is 11.5 Å². The van der Waals surface area contributed by atoms with Crippen molar-refractivity contribution in [2.75, 3.05) is 19.1 Å². The van der Waals surface area contributed by atoms with E-state index in [1.807, 2.05) is 48.5 Å². The number of carbonyl (C=O) groups is 2. The summed E-state index contributed by atoms with van der Waals surface area (Å²) in [6.07, 6.45) is 1.03. The lowest BCUT2D eigenvalue weighted by Gasteiger charge is -2.47. The van der Waals surface area contributed by atoms with E-state index < -0.39 is 0 Å². The minimum absolute atomic E-state index is 0.0342. The summed E-state index contributed by atoms with van der Waals surface area (Å²) in [6.45, 7) is 0. The van der Waals surface area contributed by atoms with Gasteiger partial charge in [0, 0.05) is 12.1 Å². The molecule has 0 bridgehead atoms. The van der Waals surface area contributed by atoms with E-state index in [2.05, 4.69) is 0 Å². The van der Waals surface area contributed by atoms with Crippen molar-refractivity contribution >= 4 is 17.9 Å². The molecule has 2 atom stereocenters. The third-order valence-electron chi connectivity index (χ3n) is 4.37. The number of amides is 1. The molecule has 2 aromatic rings. The average Bonchev–Trinajstić information content (AvgIpc) is 2.64. The third-order valence-corrected chi connectivity index (χ3v) is 4.37. The third kappa shape index (κ3) is 2.73. The molecule has 0 spiro atoms. The van der Waals surface area contributed by atoms with Gasteiger partial charge in [-0.2, -0.15) is 0 Å². The topological polar surface area (TPSA) is 55.8 Å². The Balaban J connectivity index is 1.93. The van der Waals surface area contributed by atoms with Crippen LogP contribution in [0.4, 0.5) is 5.69 Å². The highest BCUT2D eigenvalue weighted by Crippen LogP contribution is 2.45. The lowest BCUT2D eigenvalue weighted by atomic mass is 9.80. The standard InChI is InChI=1S/C19H19NO4/c1-23-15-7-3-13(4-8-15)18-17(11-12-21)19(22)20(18)14-5-9-16(24-2)10-6-14/h3-10,12,17-18H,11H2,1-2H3. The molecule has 1 aliphatic rings. The lowest BCUT2D eigenvalue weighted by molar-refractivity contribution is -0.132. The largest absolute Gasteiger partial charge is 0.497 e. The minimum atomic E-state index is -0.321. The molecule has 0 aromatic heterocycles. The zero-order valence-electron chi connectivity index (χ0n) is 13.6. The van der Waals surface area contributed by atoms with Crippen molar-refractivity contribution in [3.63, 3.8) is 0 Å². The highest BCUT2D eigenvalue weighted by Gasteiger charge is 2.48. The molecular formula is C19H19NO4. The molecule has 3 rings (SSSR count). The Hall–Kier alpha value is -2.82. The van der Waals surface area contributed by atoms with Crippen LogP contribution in [0.15, 0.2) is 48.5 Å². The van der Waals surface area contributed by atoms with Gasteiger partial charge < -0.3 is 19.2 Å².